The van der Waals surface area contributed by atoms with Crippen LogP contribution in [-0.4, -0.2) is 11.8 Å². The number of allylic oxidation sites excluding steroid dienone is 1. The summed E-state index contributed by atoms with van der Waals surface area (Å²) in [6, 6.07) is 0. The van der Waals surface area contributed by atoms with Crippen molar-refractivity contribution in [3.8, 4) is 0 Å². The van der Waals surface area contributed by atoms with Crippen molar-refractivity contribution in [2.75, 3.05) is 0 Å². The third-order valence-electron chi connectivity index (χ3n) is 1.52. The van der Waals surface area contributed by atoms with Gasteiger partial charge in [0.25, 0.3) is 5.91 Å². The van der Waals surface area contributed by atoms with Gasteiger partial charge in [0.15, 0.2) is 0 Å². The molecule has 0 radical (unpaired) electrons. The van der Waals surface area contributed by atoms with Crippen LogP contribution in [0.4, 0.5) is 0 Å². The summed E-state index contributed by atoms with van der Waals surface area (Å²) in [4.78, 5) is 21.6. The van der Waals surface area contributed by atoms with E-state index in [9.17, 15) is 9.59 Å². The van der Waals surface area contributed by atoms with Gasteiger partial charge in [-0.15, -0.1) is 0 Å². The Morgan fingerprint density at radius 1 is 1.73 bits per heavy atom. The van der Waals surface area contributed by atoms with Crippen molar-refractivity contribution >= 4 is 11.8 Å². The van der Waals surface area contributed by atoms with Gasteiger partial charge < -0.3 is 5.32 Å². The van der Waals surface area contributed by atoms with Gasteiger partial charge in [0.05, 0.1) is 6.42 Å². The van der Waals surface area contributed by atoms with E-state index in [1.54, 1.807) is 6.92 Å². The molecule has 2 amide bonds. The van der Waals surface area contributed by atoms with Crippen LogP contribution in [0.2, 0.25) is 0 Å². The molecule has 4 N–H and O–H groups in total. The van der Waals surface area contributed by atoms with Crippen LogP contribution in [0.3, 0.4) is 0 Å². The van der Waals surface area contributed by atoms with Gasteiger partial charge in [0.2, 0.25) is 5.91 Å². The van der Waals surface area contributed by atoms with E-state index < -0.39 is 5.91 Å². The number of hydrogen-bond donors (Lipinski definition) is 3. The number of nitrogens with one attached hydrogen (secondary N) is 2. The molecule has 0 saturated heterocycles. The second kappa shape index (κ2) is 2.71. The molecular formula is C6H9N3O2. The maximum absolute atomic E-state index is 10.9. The van der Waals surface area contributed by atoms with Gasteiger partial charge in [-0.25, -0.2) is 5.84 Å². The Balaban J connectivity index is 2.79. The number of carbonyl (C=O) groups is 2. The maximum atomic E-state index is 10.9. The molecule has 0 bridgehead atoms. The molecule has 0 saturated carbocycles. The number of amides is 2. The molecular weight excluding hydrogens is 146 g/mol. The highest BCUT2D eigenvalue weighted by Crippen LogP contribution is 2.12. The summed E-state index contributed by atoms with van der Waals surface area (Å²) in [6.07, 6.45) is 0.120. The highest BCUT2D eigenvalue weighted by molar-refractivity contribution is 6.02. The molecule has 1 heterocycles. The summed E-state index contributed by atoms with van der Waals surface area (Å²) in [5, 5.41) is 2.51. The van der Waals surface area contributed by atoms with Crippen LogP contribution in [-0.2, 0) is 9.59 Å². The summed E-state index contributed by atoms with van der Waals surface area (Å²) >= 11 is 0. The minimum Gasteiger partial charge on any atom is -0.329 e. The van der Waals surface area contributed by atoms with E-state index in [-0.39, 0.29) is 12.3 Å². The molecule has 0 aromatic carbocycles. The molecule has 0 aromatic rings. The molecule has 1 aliphatic rings. The smallest absolute Gasteiger partial charge is 0.263 e. The van der Waals surface area contributed by atoms with Crippen molar-refractivity contribution in [2.24, 2.45) is 5.84 Å². The Morgan fingerprint density at radius 3 is 2.73 bits per heavy atom. The van der Waals surface area contributed by atoms with Crippen molar-refractivity contribution in [3.05, 3.63) is 11.3 Å². The van der Waals surface area contributed by atoms with E-state index in [0.717, 1.165) is 0 Å². The number of rotatable bonds is 1. The van der Waals surface area contributed by atoms with Crippen LogP contribution in [0.5, 0.6) is 0 Å². The Hall–Kier alpha value is -1.36. The molecule has 0 fully saturated rings. The average Bonchev–Trinajstić information content (AvgIpc) is 2.28. The lowest BCUT2D eigenvalue weighted by Gasteiger charge is -1.97. The highest BCUT2D eigenvalue weighted by atomic mass is 16.2. The molecule has 0 aliphatic carbocycles. The predicted molar refractivity (Wildman–Crippen MR) is 37.8 cm³/mol. The Labute approximate surface area is 63.6 Å². The van der Waals surface area contributed by atoms with E-state index in [1.807, 2.05) is 5.43 Å². The molecule has 5 heteroatoms. The quantitative estimate of drug-likeness (QED) is 0.252. The van der Waals surface area contributed by atoms with Gasteiger partial charge in [-0.3, -0.25) is 15.0 Å². The average molecular weight is 155 g/mol. The SMILES string of the molecule is CC1=C(C(=O)NN)CC(=O)N1. The lowest BCUT2D eigenvalue weighted by molar-refractivity contribution is -0.121. The van der Waals surface area contributed by atoms with Gasteiger partial charge in [-0.05, 0) is 6.92 Å². The normalized spacial score (nSPS) is 16.7. The molecule has 0 atom stereocenters. The van der Waals surface area contributed by atoms with E-state index >= 15 is 0 Å². The molecule has 0 unspecified atom stereocenters. The molecule has 1 rings (SSSR count). The van der Waals surface area contributed by atoms with E-state index in [0.29, 0.717) is 11.3 Å². The third-order valence-corrected chi connectivity index (χ3v) is 1.52. The second-order valence-electron chi connectivity index (χ2n) is 2.30. The Kier molecular flexibility index (Phi) is 1.91. The van der Waals surface area contributed by atoms with Crippen LogP contribution >= 0.6 is 0 Å². The van der Waals surface area contributed by atoms with Crippen LogP contribution in [0.15, 0.2) is 11.3 Å². The molecule has 5 nitrogen and oxygen atoms in total. The fourth-order valence-corrected chi connectivity index (χ4v) is 0.960. The summed E-state index contributed by atoms with van der Waals surface area (Å²) in [5.74, 6) is 4.32. The molecule has 1 aliphatic heterocycles. The van der Waals surface area contributed by atoms with Crippen molar-refractivity contribution in [2.45, 2.75) is 13.3 Å². The molecule has 0 spiro atoms. The molecule has 0 aromatic heterocycles. The van der Waals surface area contributed by atoms with Crippen molar-refractivity contribution < 1.29 is 9.59 Å². The monoisotopic (exact) mass is 155 g/mol. The second-order valence-corrected chi connectivity index (χ2v) is 2.30. The summed E-state index contributed by atoms with van der Waals surface area (Å²) in [6.45, 7) is 1.66. The molecule has 11 heavy (non-hydrogen) atoms. The van der Waals surface area contributed by atoms with Gasteiger partial charge >= 0.3 is 0 Å². The van der Waals surface area contributed by atoms with E-state index in [1.165, 1.54) is 0 Å². The van der Waals surface area contributed by atoms with Crippen molar-refractivity contribution in [1.29, 1.82) is 0 Å². The van der Waals surface area contributed by atoms with E-state index in [2.05, 4.69) is 5.32 Å². The van der Waals surface area contributed by atoms with E-state index in [4.69, 9.17) is 5.84 Å². The van der Waals surface area contributed by atoms with Gasteiger partial charge in [-0.2, -0.15) is 0 Å². The van der Waals surface area contributed by atoms with Gasteiger partial charge in [-0.1, -0.05) is 0 Å². The number of carbonyl (C=O) groups excluding carboxylic acids is 2. The van der Waals surface area contributed by atoms with Gasteiger partial charge in [0, 0.05) is 11.3 Å². The number of hydrazine groups is 1. The topological polar surface area (TPSA) is 84.2 Å². The zero-order valence-corrected chi connectivity index (χ0v) is 6.10. The first-order valence-electron chi connectivity index (χ1n) is 3.15. The third kappa shape index (κ3) is 1.38. The zero-order valence-electron chi connectivity index (χ0n) is 6.10. The van der Waals surface area contributed by atoms with Crippen LogP contribution < -0.4 is 16.6 Å². The van der Waals surface area contributed by atoms with Crippen LogP contribution in [0.25, 0.3) is 0 Å². The minimum absolute atomic E-state index is 0.120. The first kappa shape index (κ1) is 7.74. The molecule has 60 valence electrons. The first-order chi connectivity index (χ1) is 5.15. The minimum atomic E-state index is -0.402. The summed E-state index contributed by atoms with van der Waals surface area (Å²) < 4.78 is 0. The maximum Gasteiger partial charge on any atom is 0.263 e. The Morgan fingerprint density at radius 2 is 2.36 bits per heavy atom. The zero-order chi connectivity index (χ0) is 8.43. The largest absolute Gasteiger partial charge is 0.329 e. The predicted octanol–water partition coefficient (Wildman–Crippen LogP) is -1.23. The van der Waals surface area contributed by atoms with Crippen molar-refractivity contribution in [1.82, 2.24) is 10.7 Å². The lowest BCUT2D eigenvalue weighted by atomic mass is 10.2. The van der Waals surface area contributed by atoms with Crippen LogP contribution in [0, 0.1) is 0 Å². The standard InChI is InChI=1S/C6H9N3O2/c1-3-4(6(11)9-7)2-5(10)8-3/h2,7H2,1H3,(H,8,10)(H,9,11). The van der Waals surface area contributed by atoms with Crippen molar-refractivity contribution in [3.63, 3.8) is 0 Å². The first-order valence-corrected chi connectivity index (χ1v) is 3.15. The number of nitrogens with two attached hydrogens (primary N) is 1. The fourth-order valence-electron chi connectivity index (χ4n) is 0.960. The fraction of sp³-hybridized carbons (Fsp3) is 0.333. The highest BCUT2D eigenvalue weighted by Gasteiger charge is 2.22. The summed E-state index contributed by atoms with van der Waals surface area (Å²) in [7, 11) is 0. The lowest BCUT2D eigenvalue weighted by Crippen LogP contribution is -2.31. The van der Waals surface area contributed by atoms with Crippen LogP contribution in [0.1, 0.15) is 13.3 Å². The van der Waals surface area contributed by atoms with Gasteiger partial charge in [0.1, 0.15) is 0 Å². The summed E-state index contributed by atoms with van der Waals surface area (Å²) in [5.41, 5.74) is 2.96. The number of hydrogen-bond acceptors (Lipinski definition) is 3. The Bertz CT molecular complexity index is 244.